The second-order valence-electron chi connectivity index (χ2n) is 11.1. The first-order valence-electron chi connectivity index (χ1n) is 14.8. The van der Waals surface area contributed by atoms with Gasteiger partial charge in [0.2, 0.25) is 0 Å². The molecule has 0 saturated heterocycles. The number of esters is 1. The summed E-state index contributed by atoms with van der Waals surface area (Å²) in [6.07, 6.45) is 17.3. The number of phosphoric acid groups is 1. The van der Waals surface area contributed by atoms with E-state index in [1.54, 1.807) is 0 Å². The summed E-state index contributed by atoms with van der Waals surface area (Å²) in [6.45, 7) is 5.27. The van der Waals surface area contributed by atoms with E-state index in [2.05, 4.69) is 13.8 Å². The predicted octanol–water partition coefficient (Wildman–Crippen LogP) is 6.40. The molecule has 0 heterocycles. The molecule has 0 bridgehead atoms. The Morgan fingerprint density at radius 1 is 0.730 bits per heavy atom. The zero-order valence-corrected chi connectivity index (χ0v) is 25.6. The third-order valence-corrected chi connectivity index (χ3v) is 7.12. The maximum atomic E-state index is 12.2. The Labute approximate surface area is 228 Å². The number of rotatable bonds is 27. The second-order valence-corrected chi connectivity index (χ2v) is 12.5. The molecule has 0 radical (unpaired) electrons. The fraction of sp³-hybridized carbons (Fsp3) is 0.964. The van der Waals surface area contributed by atoms with Gasteiger partial charge >= 0.3 is 5.97 Å². The van der Waals surface area contributed by atoms with Crippen molar-refractivity contribution in [2.45, 2.75) is 123 Å². The number of phosphoric ester groups is 1. The topological polar surface area (TPSA) is 94.1 Å². The first-order chi connectivity index (χ1) is 17.6. The van der Waals surface area contributed by atoms with Crippen molar-refractivity contribution in [3.63, 3.8) is 0 Å². The molecule has 8 nitrogen and oxygen atoms in total. The van der Waals surface area contributed by atoms with Gasteiger partial charge in [-0.25, -0.2) is 0 Å². The lowest BCUT2D eigenvalue weighted by Gasteiger charge is -2.28. The molecular weight excluding hydrogens is 493 g/mol. The zero-order valence-electron chi connectivity index (χ0n) is 24.7. The van der Waals surface area contributed by atoms with E-state index in [0.717, 1.165) is 38.5 Å². The highest BCUT2D eigenvalue weighted by Gasteiger charge is 2.20. The van der Waals surface area contributed by atoms with Crippen LogP contribution in [0.25, 0.3) is 0 Å². The van der Waals surface area contributed by atoms with Gasteiger partial charge < -0.3 is 27.9 Å². The van der Waals surface area contributed by atoms with Gasteiger partial charge in [0.05, 0.1) is 34.4 Å². The molecule has 0 aliphatic rings. The van der Waals surface area contributed by atoms with Gasteiger partial charge in [-0.2, -0.15) is 0 Å². The summed E-state index contributed by atoms with van der Waals surface area (Å²) in [7, 11) is 1.36. The molecule has 2 atom stereocenters. The summed E-state index contributed by atoms with van der Waals surface area (Å²) < 4.78 is 33.9. The Hall–Kier alpha value is -0.500. The van der Waals surface area contributed by atoms with Crippen molar-refractivity contribution in [1.82, 2.24) is 0 Å². The Bertz CT molecular complexity index is 583. The van der Waals surface area contributed by atoms with Gasteiger partial charge in [0.1, 0.15) is 19.3 Å². The fourth-order valence-corrected chi connectivity index (χ4v) is 4.51. The van der Waals surface area contributed by atoms with Crippen LogP contribution in [0.15, 0.2) is 0 Å². The molecule has 0 rings (SSSR count). The molecule has 37 heavy (non-hydrogen) atoms. The molecule has 0 saturated carbocycles. The number of carbonyl (C=O) groups is 1. The Kier molecular flexibility index (Phi) is 23.1. The van der Waals surface area contributed by atoms with Gasteiger partial charge in [0.15, 0.2) is 0 Å². The van der Waals surface area contributed by atoms with Crippen molar-refractivity contribution in [3.8, 4) is 0 Å². The molecule has 0 amide bonds. The molecule has 0 aliphatic heterocycles. The van der Waals surface area contributed by atoms with Gasteiger partial charge in [-0.05, 0) is 12.8 Å². The quantitative estimate of drug-likeness (QED) is 0.0504. The highest BCUT2D eigenvalue weighted by molar-refractivity contribution is 7.45. The summed E-state index contributed by atoms with van der Waals surface area (Å²) >= 11 is 0. The summed E-state index contributed by atoms with van der Waals surface area (Å²) in [5.74, 6) is -0.352. The van der Waals surface area contributed by atoms with Crippen molar-refractivity contribution in [3.05, 3.63) is 0 Å². The molecule has 2 unspecified atom stereocenters. The monoisotopic (exact) mass is 551 g/mol. The van der Waals surface area contributed by atoms with E-state index in [1.165, 1.54) is 57.8 Å². The number of ether oxygens (including phenoxy) is 2. The molecule has 0 fully saturated rings. The van der Waals surface area contributed by atoms with E-state index >= 15 is 0 Å². The number of quaternary nitrogens is 1. The van der Waals surface area contributed by atoms with Crippen LogP contribution in [0.1, 0.15) is 117 Å². The van der Waals surface area contributed by atoms with Crippen LogP contribution >= 0.6 is 7.82 Å². The fourth-order valence-electron chi connectivity index (χ4n) is 3.78. The summed E-state index contributed by atoms with van der Waals surface area (Å²) in [5, 5.41) is 0. The molecular formula is C28H58NO7P. The lowest BCUT2D eigenvalue weighted by atomic mass is 10.1. The van der Waals surface area contributed by atoms with Crippen LogP contribution in [0, 0.1) is 0 Å². The number of unbranched alkanes of at least 4 members (excludes halogenated alkanes) is 13. The predicted molar refractivity (Wildman–Crippen MR) is 148 cm³/mol. The van der Waals surface area contributed by atoms with Crippen LogP contribution in [0.2, 0.25) is 0 Å². The first-order valence-corrected chi connectivity index (χ1v) is 16.2. The third kappa shape index (κ3) is 26.9. The van der Waals surface area contributed by atoms with Crippen LogP contribution in [0.3, 0.4) is 0 Å². The largest absolute Gasteiger partial charge is 0.756 e. The molecule has 0 N–H and O–H groups in total. The van der Waals surface area contributed by atoms with E-state index in [0.29, 0.717) is 24.1 Å². The van der Waals surface area contributed by atoms with E-state index in [4.69, 9.17) is 18.5 Å². The molecule has 0 aromatic rings. The standard InChI is InChI=1S/C28H58NO7P/c1-6-8-10-12-13-14-15-16-17-18-20-23-33-25-27(36-28(30)21-19-11-9-7-2)26-35-37(31,32)34-24-22-29(3,4)5/h27H,6-26H2,1-5H3. The Morgan fingerprint density at radius 2 is 1.24 bits per heavy atom. The summed E-state index contributed by atoms with van der Waals surface area (Å²) in [6, 6.07) is 0. The minimum absolute atomic E-state index is 0.0293. The summed E-state index contributed by atoms with van der Waals surface area (Å²) in [5.41, 5.74) is 0. The highest BCUT2D eigenvalue weighted by Crippen LogP contribution is 2.38. The van der Waals surface area contributed by atoms with Crippen molar-refractivity contribution in [2.75, 3.05) is 54.1 Å². The zero-order chi connectivity index (χ0) is 27.8. The number of carbonyl (C=O) groups excluding carboxylic acids is 1. The number of hydrogen-bond donors (Lipinski definition) is 0. The van der Waals surface area contributed by atoms with Crippen LogP contribution in [-0.2, 0) is 27.9 Å². The SMILES string of the molecule is CCCCCCCCCCCCCOCC(COP(=O)([O-])OCC[N+](C)(C)C)OC(=O)CCCCCC. The molecule has 0 aromatic carbocycles. The Balaban J connectivity index is 4.26. The molecule has 0 spiro atoms. The van der Waals surface area contributed by atoms with Crippen LogP contribution < -0.4 is 4.89 Å². The van der Waals surface area contributed by atoms with Crippen LogP contribution in [-0.4, -0.2) is 70.7 Å². The van der Waals surface area contributed by atoms with Gasteiger partial charge in [0, 0.05) is 13.0 Å². The van der Waals surface area contributed by atoms with E-state index < -0.39 is 13.9 Å². The van der Waals surface area contributed by atoms with Gasteiger partial charge in [-0.3, -0.25) is 9.36 Å². The van der Waals surface area contributed by atoms with Gasteiger partial charge in [-0.1, -0.05) is 97.3 Å². The molecule has 9 heteroatoms. The third-order valence-electron chi connectivity index (χ3n) is 6.16. The van der Waals surface area contributed by atoms with Crippen molar-refractivity contribution >= 4 is 13.8 Å². The van der Waals surface area contributed by atoms with Gasteiger partial charge in [-0.15, -0.1) is 0 Å². The van der Waals surface area contributed by atoms with Crippen molar-refractivity contribution in [2.24, 2.45) is 0 Å². The Morgan fingerprint density at radius 3 is 1.78 bits per heavy atom. The van der Waals surface area contributed by atoms with Gasteiger partial charge in [0.25, 0.3) is 7.82 Å². The van der Waals surface area contributed by atoms with Crippen LogP contribution in [0.4, 0.5) is 0 Å². The maximum absolute atomic E-state index is 12.2. The average Bonchev–Trinajstić information content (AvgIpc) is 2.82. The average molecular weight is 552 g/mol. The minimum Gasteiger partial charge on any atom is -0.756 e. The number of likely N-dealkylation sites (N-methyl/N-ethyl adjacent to an activating group) is 1. The van der Waals surface area contributed by atoms with Crippen molar-refractivity contribution in [1.29, 1.82) is 0 Å². The smallest absolute Gasteiger partial charge is 0.306 e. The molecule has 0 aliphatic carbocycles. The van der Waals surface area contributed by atoms with Crippen LogP contribution in [0.5, 0.6) is 0 Å². The lowest BCUT2D eigenvalue weighted by molar-refractivity contribution is -0.870. The first kappa shape index (κ1) is 36.5. The maximum Gasteiger partial charge on any atom is 0.306 e. The molecule has 0 aromatic heterocycles. The molecule has 222 valence electrons. The van der Waals surface area contributed by atoms with E-state index in [9.17, 15) is 14.3 Å². The second kappa shape index (κ2) is 23.4. The van der Waals surface area contributed by atoms with E-state index in [-0.39, 0.29) is 25.8 Å². The normalized spacial score (nSPS) is 14.4. The van der Waals surface area contributed by atoms with E-state index in [1.807, 2.05) is 21.1 Å². The summed E-state index contributed by atoms with van der Waals surface area (Å²) in [4.78, 5) is 24.4. The van der Waals surface area contributed by atoms with Crippen molar-refractivity contribution < 1.29 is 37.3 Å². The highest BCUT2D eigenvalue weighted by atomic mass is 31.2. The minimum atomic E-state index is -4.48. The number of nitrogens with zero attached hydrogens (tertiary/aromatic N) is 1. The number of hydrogen-bond acceptors (Lipinski definition) is 7. The lowest BCUT2D eigenvalue weighted by Crippen LogP contribution is -2.37.